The van der Waals surface area contributed by atoms with Crippen molar-refractivity contribution in [3.05, 3.63) is 63.9 Å². The van der Waals surface area contributed by atoms with Gasteiger partial charge < -0.3 is 0 Å². The summed E-state index contributed by atoms with van der Waals surface area (Å²) < 4.78 is 0. The zero-order valence-corrected chi connectivity index (χ0v) is 11.1. The fourth-order valence-corrected chi connectivity index (χ4v) is 1.99. The Morgan fingerprint density at radius 2 is 1.61 bits per heavy atom. The maximum Gasteiger partial charge on any atom is 0.141 e. The average molecular weight is 280 g/mol. The summed E-state index contributed by atoms with van der Waals surface area (Å²) in [6.07, 6.45) is 4.13. The number of carbonyl (C=O) groups is 1. The lowest BCUT2D eigenvalue weighted by atomic mass is 10.0. The number of ketones is 1. The van der Waals surface area contributed by atoms with Crippen molar-refractivity contribution in [3.8, 4) is 0 Å². The standard InChI is InChI=1S/C14H11Cl2NO/c15-13-2-1-11(9-14(13)16)8-12(18)7-10-3-5-17-6-4-10/h1-6,9H,7-8H2. The van der Waals surface area contributed by atoms with E-state index in [1.807, 2.05) is 18.2 Å². The van der Waals surface area contributed by atoms with Crippen LogP contribution in [0.3, 0.4) is 0 Å². The van der Waals surface area contributed by atoms with Crippen molar-refractivity contribution in [2.45, 2.75) is 12.8 Å². The minimum Gasteiger partial charge on any atom is -0.299 e. The Morgan fingerprint density at radius 3 is 2.28 bits per heavy atom. The van der Waals surface area contributed by atoms with Gasteiger partial charge in [-0.15, -0.1) is 0 Å². The summed E-state index contributed by atoms with van der Waals surface area (Å²) in [7, 11) is 0. The number of pyridine rings is 1. The van der Waals surface area contributed by atoms with E-state index in [2.05, 4.69) is 4.98 Å². The van der Waals surface area contributed by atoms with E-state index >= 15 is 0 Å². The summed E-state index contributed by atoms with van der Waals surface area (Å²) in [5.41, 5.74) is 1.85. The topological polar surface area (TPSA) is 30.0 Å². The van der Waals surface area contributed by atoms with Gasteiger partial charge in [-0.1, -0.05) is 29.3 Å². The quantitative estimate of drug-likeness (QED) is 0.853. The average Bonchev–Trinajstić information content (AvgIpc) is 2.35. The third-order valence-electron chi connectivity index (χ3n) is 2.54. The van der Waals surface area contributed by atoms with E-state index in [0.717, 1.165) is 11.1 Å². The molecule has 0 saturated heterocycles. The van der Waals surface area contributed by atoms with Gasteiger partial charge in [0.1, 0.15) is 5.78 Å². The van der Waals surface area contributed by atoms with Crippen LogP contribution in [0.1, 0.15) is 11.1 Å². The molecule has 1 aromatic heterocycles. The lowest BCUT2D eigenvalue weighted by Gasteiger charge is -2.03. The molecule has 92 valence electrons. The van der Waals surface area contributed by atoms with Crippen LogP contribution < -0.4 is 0 Å². The van der Waals surface area contributed by atoms with E-state index in [9.17, 15) is 4.79 Å². The molecule has 0 atom stereocenters. The molecule has 0 N–H and O–H groups in total. The number of carbonyl (C=O) groups excluding carboxylic acids is 1. The molecule has 0 radical (unpaired) electrons. The minimum absolute atomic E-state index is 0.139. The summed E-state index contributed by atoms with van der Waals surface area (Å²) in [5, 5.41) is 0.980. The van der Waals surface area contributed by atoms with Gasteiger partial charge in [-0.3, -0.25) is 9.78 Å². The van der Waals surface area contributed by atoms with E-state index in [1.54, 1.807) is 24.5 Å². The Balaban J connectivity index is 2.01. The van der Waals surface area contributed by atoms with Gasteiger partial charge in [-0.05, 0) is 35.4 Å². The van der Waals surface area contributed by atoms with Crippen LogP contribution in [0.15, 0.2) is 42.7 Å². The van der Waals surface area contributed by atoms with Crippen LogP contribution in [0.4, 0.5) is 0 Å². The molecular weight excluding hydrogens is 269 g/mol. The van der Waals surface area contributed by atoms with Gasteiger partial charge in [0, 0.05) is 25.2 Å². The largest absolute Gasteiger partial charge is 0.299 e. The molecule has 2 rings (SSSR count). The Morgan fingerprint density at radius 1 is 0.944 bits per heavy atom. The molecule has 0 unspecified atom stereocenters. The zero-order valence-electron chi connectivity index (χ0n) is 9.57. The summed E-state index contributed by atoms with van der Waals surface area (Å²) in [6.45, 7) is 0. The number of hydrogen-bond donors (Lipinski definition) is 0. The summed E-state index contributed by atoms with van der Waals surface area (Å²) in [5.74, 6) is 0.139. The second-order valence-electron chi connectivity index (χ2n) is 4.00. The first kappa shape index (κ1) is 13.1. The molecule has 0 aliphatic carbocycles. The van der Waals surface area contributed by atoms with Crippen LogP contribution in [0.5, 0.6) is 0 Å². The normalized spacial score (nSPS) is 10.3. The smallest absolute Gasteiger partial charge is 0.141 e. The first-order valence-electron chi connectivity index (χ1n) is 5.49. The maximum atomic E-state index is 11.9. The predicted molar refractivity (Wildman–Crippen MR) is 73.1 cm³/mol. The van der Waals surface area contributed by atoms with Crippen LogP contribution >= 0.6 is 23.2 Å². The first-order chi connectivity index (χ1) is 8.65. The number of hydrogen-bond acceptors (Lipinski definition) is 2. The van der Waals surface area contributed by atoms with Crippen LogP contribution in [-0.2, 0) is 17.6 Å². The molecule has 1 aromatic carbocycles. The van der Waals surface area contributed by atoms with Crippen molar-refractivity contribution >= 4 is 29.0 Å². The van der Waals surface area contributed by atoms with E-state index in [1.165, 1.54) is 0 Å². The van der Waals surface area contributed by atoms with Gasteiger partial charge in [0.05, 0.1) is 10.0 Å². The summed E-state index contributed by atoms with van der Waals surface area (Å²) >= 11 is 11.7. The number of nitrogens with zero attached hydrogens (tertiary/aromatic N) is 1. The van der Waals surface area contributed by atoms with Gasteiger partial charge in [-0.2, -0.15) is 0 Å². The molecule has 1 heterocycles. The van der Waals surface area contributed by atoms with Crippen molar-refractivity contribution in [1.82, 2.24) is 4.98 Å². The molecule has 0 saturated carbocycles. The Kier molecular flexibility index (Phi) is 4.34. The van der Waals surface area contributed by atoms with Crippen LogP contribution in [0, 0.1) is 0 Å². The lowest BCUT2D eigenvalue weighted by Crippen LogP contribution is -2.06. The number of Topliss-reactive ketones (excluding diaryl/α,β-unsaturated/α-hetero) is 1. The monoisotopic (exact) mass is 279 g/mol. The summed E-state index contributed by atoms with van der Waals surface area (Å²) in [6, 6.07) is 8.94. The molecule has 0 aliphatic heterocycles. The van der Waals surface area contributed by atoms with E-state index in [0.29, 0.717) is 22.9 Å². The van der Waals surface area contributed by atoms with E-state index in [-0.39, 0.29) is 5.78 Å². The molecule has 2 aromatic rings. The Hall–Kier alpha value is -1.38. The molecule has 0 aliphatic rings. The Labute approximate surface area is 116 Å². The van der Waals surface area contributed by atoms with Crippen LogP contribution in [-0.4, -0.2) is 10.8 Å². The van der Waals surface area contributed by atoms with Crippen LogP contribution in [0.25, 0.3) is 0 Å². The van der Waals surface area contributed by atoms with Gasteiger partial charge in [-0.25, -0.2) is 0 Å². The molecule has 4 heteroatoms. The highest BCUT2D eigenvalue weighted by Crippen LogP contribution is 2.23. The molecule has 0 fully saturated rings. The number of rotatable bonds is 4. The van der Waals surface area contributed by atoms with Gasteiger partial charge in [0.25, 0.3) is 0 Å². The number of halogens is 2. The third kappa shape index (κ3) is 3.56. The zero-order chi connectivity index (χ0) is 13.0. The predicted octanol–water partition coefficient (Wildman–Crippen LogP) is 3.74. The highest BCUT2D eigenvalue weighted by molar-refractivity contribution is 6.42. The number of benzene rings is 1. The first-order valence-corrected chi connectivity index (χ1v) is 6.25. The van der Waals surface area contributed by atoms with Gasteiger partial charge in [0.15, 0.2) is 0 Å². The highest BCUT2D eigenvalue weighted by atomic mass is 35.5. The fourth-order valence-electron chi connectivity index (χ4n) is 1.67. The Bertz CT molecular complexity index is 555. The van der Waals surface area contributed by atoms with Crippen molar-refractivity contribution in [2.24, 2.45) is 0 Å². The molecule has 2 nitrogen and oxygen atoms in total. The molecule has 0 bridgehead atoms. The van der Waals surface area contributed by atoms with Crippen LogP contribution in [0.2, 0.25) is 10.0 Å². The van der Waals surface area contributed by atoms with E-state index < -0.39 is 0 Å². The summed E-state index contributed by atoms with van der Waals surface area (Å²) in [4.78, 5) is 15.8. The van der Waals surface area contributed by atoms with Crippen molar-refractivity contribution in [3.63, 3.8) is 0 Å². The van der Waals surface area contributed by atoms with Gasteiger partial charge in [0.2, 0.25) is 0 Å². The van der Waals surface area contributed by atoms with Crippen molar-refractivity contribution in [2.75, 3.05) is 0 Å². The van der Waals surface area contributed by atoms with Crippen molar-refractivity contribution in [1.29, 1.82) is 0 Å². The van der Waals surface area contributed by atoms with Gasteiger partial charge >= 0.3 is 0 Å². The fraction of sp³-hybridized carbons (Fsp3) is 0.143. The molecular formula is C14H11Cl2NO. The third-order valence-corrected chi connectivity index (χ3v) is 3.27. The minimum atomic E-state index is 0.139. The van der Waals surface area contributed by atoms with Crippen molar-refractivity contribution < 1.29 is 4.79 Å². The highest BCUT2D eigenvalue weighted by Gasteiger charge is 2.07. The lowest BCUT2D eigenvalue weighted by molar-refractivity contribution is -0.117. The number of aromatic nitrogens is 1. The second kappa shape index (κ2) is 5.98. The molecule has 18 heavy (non-hydrogen) atoms. The maximum absolute atomic E-state index is 11.9. The molecule has 0 amide bonds. The van der Waals surface area contributed by atoms with E-state index in [4.69, 9.17) is 23.2 Å². The molecule has 0 spiro atoms. The second-order valence-corrected chi connectivity index (χ2v) is 4.81. The SMILES string of the molecule is O=C(Cc1ccncc1)Cc1ccc(Cl)c(Cl)c1.